The van der Waals surface area contributed by atoms with Crippen LogP contribution in [0.1, 0.15) is 29.4 Å². The van der Waals surface area contributed by atoms with Crippen molar-refractivity contribution in [3.63, 3.8) is 0 Å². The number of carboxylic acids is 1. The van der Waals surface area contributed by atoms with Crippen LogP contribution in [0.25, 0.3) is 21.9 Å². The SMILES string of the molecule is CCCc1nnsc1-c1nc2ccc(C(=O)O)cc2o1. The highest BCUT2D eigenvalue weighted by Gasteiger charge is 2.17. The fourth-order valence-electron chi connectivity index (χ4n) is 1.93. The van der Waals surface area contributed by atoms with E-state index in [1.54, 1.807) is 6.07 Å². The van der Waals surface area contributed by atoms with Crippen LogP contribution in [0.4, 0.5) is 0 Å². The largest absolute Gasteiger partial charge is 0.478 e. The fourth-order valence-corrected chi connectivity index (χ4v) is 2.56. The van der Waals surface area contributed by atoms with Gasteiger partial charge in [-0.05, 0) is 36.2 Å². The first kappa shape index (κ1) is 12.7. The van der Waals surface area contributed by atoms with Crippen molar-refractivity contribution < 1.29 is 14.3 Å². The molecule has 7 heteroatoms. The molecule has 0 bridgehead atoms. The highest BCUT2D eigenvalue weighted by atomic mass is 32.1. The molecule has 6 nitrogen and oxygen atoms in total. The summed E-state index contributed by atoms with van der Waals surface area (Å²) in [6.45, 7) is 2.06. The number of carboxylic acid groups (broad SMARTS) is 1. The van der Waals surface area contributed by atoms with E-state index < -0.39 is 5.97 Å². The molecule has 0 saturated carbocycles. The summed E-state index contributed by atoms with van der Waals surface area (Å²) in [6.07, 6.45) is 1.77. The van der Waals surface area contributed by atoms with E-state index in [4.69, 9.17) is 9.52 Å². The second-order valence-corrected chi connectivity index (χ2v) is 5.06. The summed E-state index contributed by atoms with van der Waals surface area (Å²) >= 11 is 1.23. The van der Waals surface area contributed by atoms with Crippen LogP contribution in [-0.2, 0) is 6.42 Å². The Bertz CT molecular complexity index is 778. The number of carbonyl (C=O) groups is 1. The summed E-state index contributed by atoms with van der Waals surface area (Å²) in [5, 5.41) is 13.0. The van der Waals surface area contributed by atoms with E-state index in [1.165, 1.54) is 23.7 Å². The Kier molecular flexibility index (Phi) is 3.19. The van der Waals surface area contributed by atoms with Gasteiger partial charge in [-0.25, -0.2) is 9.78 Å². The van der Waals surface area contributed by atoms with Gasteiger partial charge < -0.3 is 9.52 Å². The minimum Gasteiger partial charge on any atom is -0.478 e. The number of hydrogen-bond acceptors (Lipinski definition) is 6. The molecule has 0 amide bonds. The minimum atomic E-state index is -0.990. The molecule has 1 N–H and O–H groups in total. The minimum absolute atomic E-state index is 0.177. The molecule has 102 valence electrons. The van der Waals surface area contributed by atoms with Gasteiger partial charge in [0.25, 0.3) is 0 Å². The lowest BCUT2D eigenvalue weighted by atomic mass is 10.2. The Hall–Kier alpha value is -2.28. The van der Waals surface area contributed by atoms with Gasteiger partial charge in [-0.3, -0.25) is 0 Å². The molecule has 0 spiro atoms. The van der Waals surface area contributed by atoms with Gasteiger partial charge in [0.15, 0.2) is 5.58 Å². The maximum atomic E-state index is 10.9. The Morgan fingerprint density at radius 3 is 3.05 bits per heavy atom. The Balaban J connectivity index is 2.08. The van der Waals surface area contributed by atoms with Crippen LogP contribution < -0.4 is 0 Å². The van der Waals surface area contributed by atoms with E-state index in [9.17, 15) is 4.79 Å². The van der Waals surface area contributed by atoms with Crippen LogP contribution in [0.2, 0.25) is 0 Å². The van der Waals surface area contributed by atoms with Crippen molar-refractivity contribution in [3.8, 4) is 10.8 Å². The van der Waals surface area contributed by atoms with Crippen molar-refractivity contribution >= 4 is 28.6 Å². The van der Waals surface area contributed by atoms with Crippen LogP contribution >= 0.6 is 11.5 Å². The summed E-state index contributed by atoms with van der Waals surface area (Å²) in [5.41, 5.74) is 2.12. The molecule has 3 rings (SSSR count). The lowest BCUT2D eigenvalue weighted by molar-refractivity contribution is 0.0697. The van der Waals surface area contributed by atoms with Gasteiger partial charge in [0, 0.05) is 0 Å². The first-order valence-corrected chi connectivity index (χ1v) is 6.92. The Morgan fingerprint density at radius 2 is 2.30 bits per heavy atom. The lowest BCUT2D eigenvalue weighted by Gasteiger charge is -1.93. The van der Waals surface area contributed by atoms with Gasteiger partial charge >= 0.3 is 5.97 Å². The maximum absolute atomic E-state index is 10.9. The predicted octanol–water partition coefficient (Wildman–Crippen LogP) is 3.00. The zero-order chi connectivity index (χ0) is 14.1. The molecule has 0 atom stereocenters. The molecule has 0 aliphatic carbocycles. The zero-order valence-corrected chi connectivity index (χ0v) is 11.5. The van der Waals surface area contributed by atoms with Gasteiger partial charge in [-0.2, -0.15) is 0 Å². The number of fused-ring (bicyclic) bond motifs is 1. The molecule has 0 aliphatic rings. The second kappa shape index (κ2) is 5.01. The van der Waals surface area contributed by atoms with Gasteiger partial charge in [0.2, 0.25) is 5.89 Å². The summed E-state index contributed by atoms with van der Waals surface area (Å²) < 4.78 is 9.58. The maximum Gasteiger partial charge on any atom is 0.335 e. The predicted molar refractivity (Wildman–Crippen MR) is 73.9 cm³/mol. The van der Waals surface area contributed by atoms with Gasteiger partial charge in [-0.1, -0.05) is 17.8 Å². The van der Waals surface area contributed by atoms with Crippen LogP contribution in [0.15, 0.2) is 22.6 Å². The number of aryl methyl sites for hydroxylation is 1. The Labute approximate surface area is 118 Å². The fraction of sp³-hybridized carbons (Fsp3) is 0.231. The van der Waals surface area contributed by atoms with Crippen LogP contribution in [-0.4, -0.2) is 25.6 Å². The lowest BCUT2D eigenvalue weighted by Crippen LogP contribution is -1.94. The van der Waals surface area contributed by atoms with E-state index in [1.807, 2.05) is 0 Å². The average molecular weight is 289 g/mol. The number of aromatic nitrogens is 3. The van der Waals surface area contributed by atoms with Gasteiger partial charge in [0.1, 0.15) is 10.4 Å². The van der Waals surface area contributed by atoms with Crippen molar-refractivity contribution in [1.82, 2.24) is 14.6 Å². The standard InChI is InChI=1S/C13H11N3O3S/c1-2-3-9-11(20-16-15-9)12-14-8-5-4-7(13(17)18)6-10(8)19-12/h4-6H,2-3H2,1H3,(H,17,18). The summed E-state index contributed by atoms with van der Waals surface area (Å²) in [5.74, 6) is -0.544. The average Bonchev–Trinajstić information content (AvgIpc) is 3.03. The van der Waals surface area contributed by atoms with Crippen LogP contribution in [0.3, 0.4) is 0 Å². The second-order valence-electron chi connectivity index (χ2n) is 4.31. The molecule has 0 radical (unpaired) electrons. The monoisotopic (exact) mass is 289 g/mol. The number of oxazole rings is 1. The number of rotatable bonds is 4. The summed E-state index contributed by atoms with van der Waals surface area (Å²) in [7, 11) is 0. The molecular weight excluding hydrogens is 278 g/mol. The quantitative estimate of drug-likeness (QED) is 0.794. The van der Waals surface area contributed by atoms with Crippen LogP contribution in [0.5, 0.6) is 0 Å². The topological polar surface area (TPSA) is 89.1 Å². The molecule has 0 fully saturated rings. The molecule has 20 heavy (non-hydrogen) atoms. The van der Waals surface area contributed by atoms with E-state index in [-0.39, 0.29) is 5.56 Å². The molecule has 3 aromatic rings. The highest BCUT2D eigenvalue weighted by molar-refractivity contribution is 7.09. The Morgan fingerprint density at radius 1 is 1.45 bits per heavy atom. The normalized spacial score (nSPS) is 11.1. The first-order chi connectivity index (χ1) is 9.69. The van der Waals surface area contributed by atoms with Crippen molar-refractivity contribution in [2.24, 2.45) is 0 Å². The van der Waals surface area contributed by atoms with E-state index in [2.05, 4.69) is 21.5 Å². The zero-order valence-electron chi connectivity index (χ0n) is 10.7. The van der Waals surface area contributed by atoms with Gasteiger partial charge in [0.05, 0.1) is 11.3 Å². The van der Waals surface area contributed by atoms with Crippen molar-refractivity contribution in [1.29, 1.82) is 0 Å². The van der Waals surface area contributed by atoms with Crippen molar-refractivity contribution in [2.75, 3.05) is 0 Å². The highest BCUT2D eigenvalue weighted by Crippen LogP contribution is 2.29. The number of benzene rings is 1. The summed E-state index contributed by atoms with van der Waals surface area (Å²) in [6, 6.07) is 4.62. The van der Waals surface area contributed by atoms with E-state index in [0.717, 1.165) is 23.4 Å². The third-order valence-electron chi connectivity index (χ3n) is 2.87. The molecule has 1 aromatic carbocycles. The van der Waals surface area contributed by atoms with Gasteiger partial charge in [-0.15, -0.1) is 5.10 Å². The van der Waals surface area contributed by atoms with E-state index >= 15 is 0 Å². The third kappa shape index (κ3) is 2.16. The first-order valence-electron chi connectivity index (χ1n) is 6.14. The summed E-state index contributed by atoms with van der Waals surface area (Å²) in [4.78, 5) is 16.1. The number of nitrogens with zero attached hydrogens (tertiary/aromatic N) is 3. The third-order valence-corrected chi connectivity index (χ3v) is 3.63. The number of hydrogen-bond donors (Lipinski definition) is 1. The molecular formula is C13H11N3O3S. The van der Waals surface area contributed by atoms with Crippen molar-refractivity contribution in [3.05, 3.63) is 29.5 Å². The van der Waals surface area contributed by atoms with Crippen molar-refractivity contribution in [2.45, 2.75) is 19.8 Å². The molecule has 0 aliphatic heterocycles. The molecule has 2 aromatic heterocycles. The van der Waals surface area contributed by atoms with Crippen LogP contribution in [0, 0.1) is 0 Å². The molecule has 0 saturated heterocycles. The number of aromatic carboxylic acids is 1. The molecule has 2 heterocycles. The smallest absolute Gasteiger partial charge is 0.335 e. The van der Waals surface area contributed by atoms with E-state index in [0.29, 0.717) is 17.0 Å². The molecule has 0 unspecified atom stereocenters.